The van der Waals surface area contributed by atoms with Gasteiger partial charge in [0, 0.05) is 25.6 Å². The Bertz CT molecular complexity index is 628. The number of hydrogen-bond donors (Lipinski definition) is 0. The molecule has 0 aromatic carbocycles. The van der Waals surface area contributed by atoms with Crippen LogP contribution in [0.4, 0.5) is 0 Å². The van der Waals surface area contributed by atoms with Crippen molar-refractivity contribution in [3.63, 3.8) is 0 Å². The van der Waals surface area contributed by atoms with Gasteiger partial charge < -0.3 is 9.64 Å². The van der Waals surface area contributed by atoms with Crippen LogP contribution in [-0.2, 0) is 29.2 Å². The average Bonchev–Trinajstić information content (AvgIpc) is 3.00. The second-order valence-electron chi connectivity index (χ2n) is 6.25. The van der Waals surface area contributed by atoms with Gasteiger partial charge in [0.15, 0.2) is 19.7 Å². The highest BCUT2D eigenvalue weighted by Crippen LogP contribution is 2.19. The summed E-state index contributed by atoms with van der Waals surface area (Å²) in [7, 11) is -5.98. The van der Waals surface area contributed by atoms with Crippen molar-refractivity contribution in [2.24, 2.45) is 0 Å². The van der Waals surface area contributed by atoms with Crippen molar-refractivity contribution < 1.29 is 26.4 Å². The van der Waals surface area contributed by atoms with E-state index in [9.17, 15) is 21.6 Å². The third-order valence-electron chi connectivity index (χ3n) is 4.36. The van der Waals surface area contributed by atoms with Gasteiger partial charge in [-0.3, -0.25) is 4.79 Å². The third-order valence-corrected chi connectivity index (χ3v) is 7.85. The Labute approximate surface area is 138 Å². The minimum absolute atomic E-state index is 0.0421. The Hall–Kier alpha value is -0.670. The predicted octanol–water partition coefficient (Wildman–Crippen LogP) is 0.00590. The van der Waals surface area contributed by atoms with Crippen molar-refractivity contribution in [1.29, 1.82) is 0 Å². The van der Waals surface area contributed by atoms with Gasteiger partial charge in [-0.2, -0.15) is 0 Å². The topological polar surface area (TPSA) is 97.8 Å². The molecule has 0 bridgehead atoms. The Morgan fingerprint density at radius 2 is 1.74 bits per heavy atom. The van der Waals surface area contributed by atoms with Crippen molar-refractivity contribution in [3.05, 3.63) is 0 Å². The number of sulfone groups is 2. The molecule has 1 amide bonds. The molecule has 0 radical (unpaired) electrons. The van der Waals surface area contributed by atoms with E-state index in [2.05, 4.69) is 0 Å². The zero-order valence-corrected chi connectivity index (χ0v) is 15.1. The molecule has 2 aliphatic rings. The second-order valence-corrected chi connectivity index (χ2v) is 10.7. The molecule has 0 aromatic rings. The van der Waals surface area contributed by atoms with Crippen LogP contribution in [0.1, 0.15) is 32.6 Å². The molecule has 2 unspecified atom stereocenters. The van der Waals surface area contributed by atoms with E-state index >= 15 is 0 Å². The van der Waals surface area contributed by atoms with Crippen LogP contribution < -0.4 is 0 Å². The van der Waals surface area contributed by atoms with Crippen LogP contribution in [0.3, 0.4) is 0 Å². The quantitative estimate of drug-likeness (QED) is 0.588. The highest BCUT2D eigenvalue weighted by atomic mass is 32.2. The van der Waals surface area contributed by atoms with E-state index in [1.807, 2.05) is 0 Å². The standard InChI is InChI=1S/C14H25NO6S2/c1-2-14(16)15(12-4-8-22(17,18)10-12)6-3-7-21-13-5-9-23(19,20)11-13/h12-13H,2-11H2,1H3. The Balaban J connectivity index is 1.79. The lowest BCUT2D eigenvalue weighted by atomic mass is 10.2. The molecule has 2 rings (SSSR count). The van der Waals surface area contributed by atoms with E-state index in [0.29, 0.717) is 38.8 Å². The third kappa shape index (κ3) is 5.42. The summed E-state index contributed by atoms with van der Waals surface area (Å²) in [6, 6.07) is -0.237. The molecule has 0 saturated carbocycles. The number of amides is 1. The molecule has 2 aliphatic heterocycles. The van der Waals surface area contributed by atoms with Crippen molar-refractivity contribution in [2.45, 2.75) is 44.8 Å². The van der Waals surface area contributed by atoms with Gasteiger partial charge in [-0.05, 0) is 19.3 Å². The highest BCUT2D eigenvalue weighted by Gasteiger charge is 2.34. The maximum atomic E-state index is 12.1. The van der Waals surface area contributed by atoms with Crippen LogP contribution in [0, 0.1) is 0 Å². The van der Waals surface area contributed by atoms with E-state index in [4.69, 9.17) is 4.74 Å². The molecule has 0 N–H and O–H groups in total. The summed E-state index contributed by atoms with van der Waals surface area (Å²) in [5.41, 5.74) is 0. The SMILES string of the molecule is CCC(=O)N(CCCOC1CCS(=O)(=O)C1)C1CCS(=O)(=O)C1. The summed E-state index contributed by atoms with van der Waals surface area (Å²) in [6.07, 6.45) is 1.70. The molecule has 2 fully saturated rings. The molecule has 2 saturated heterocycles. The van der Waals surface area contributed by atoms with E-state index in [-0.39, 0.29) is 41.1 Å². The molecular weight excluding hydrogens is 342 g/mol. The summed E-state index contributed by atoms with van der Waals surface area (Å²) in [4.78, 5) is 13.7. The predicted molar refractivity (Wildman–Crippen MR) is 86.7 cm³/mol. The molecule has 0 aliphatic carbocycles. The van der Waals surface area contributed by atoms with Crippen LogP contribution in [0.15, 0.2) is 0 Å². The molecule has 2 atom stereocenters. The summed E-state index contributed by atoms with van der Waals surface area (Å²) in [5, 5.41) is 0. The number of ether oxygens (including phenoxy) is 1. The van der Waals surface area contributed by atoms with E-state index in [1.165, 1.54) is 0 Å². The Morgan fingerprint density at radius 1 is 1.09 bits per heavy atom. The van der Waals surface area contributed by atoms with Gasteiger partial charge in [0.2, 0.25) is 5.91 Å². The first-order valence-corrected chi connectivity index (χ1v) is 11.7. The highest BCUT2D eigenvalue weighted by molar-refractivity contribution is 7.91. The van der Waals surface area contributed by atoms with E-state index in [1.54, 1.807) is 11.8 Å². The lowest BCUT2D eigenvalue weighted by Gasteiger charge is -2.28. The van der Waals surface area contributed by atoms with Crippen LogP contribution in [0.2, 0.25) is 0 Å². The fourth-order valence-electron chi connectivity index (χ4n) is 3.11. The lowest BCUT2D eigenvalue weighted by Crippen LogP contribution is -2.41. The van der Waals surface area contributed by atoms with Crippen molar-refractivity contribution >= 4 is 25.6 Å². The van der Waals surface area contributed by atoms with E-state index in [0.717, 1.165) is 0 Å². The largest absolute Gasteiger partial charge is 0.377 e. The van der Waals surface area contributed by atoms with Crippen molar-refractivity contribution in [3.8, 4) is 0 Å². The van der Waals surface area contributed by atoms with Crippen LogP contribution in [0.5, 0.6) is 0 Å². The Morgan fingerprint density at radius 3 is 2.26 bits per heavy atom. The van der Waals surface area contributed by atoms with Crippen LogP contribution in [-0.4, -0.2) is 76.0 Å². The van der Waals surface area contributed by atoms with Gasteiger partial charge in [0.05, 0.1) is 29.1 Å². The number of carbonyl (C=O) groups is 1. The van der Waals surface area contributed by atoms with Gasteiger partial charge in [-0.15, -0.1) is 0 Å². The summed E-state index contributed by atoms with van der Waals surface area (Å²) >= 11 is 0. The smallest absolute Gasteiger partial charge is 0.222 e. The maximum absolute atomic E-state index is 12.1. The van der Waals surface area contributed by atoms with Crippen LogP contribution in [0.25, 0.3) is 0 Å². The van der Waals surface area contributed by atoms with Crippen molar-refractivity contribution in [1.82, 2.24) is 4.90 Å². The fourth-order valence-corrected chi connectivity index (χ4v) is 6.46. The minimum Gasteiger partial charge on any atom is -0.377 e. The summed E-state index contributed by atoms with van der Waals surface area (Å²) in [6.45, 7) is 2.60. The van der Waals surface area contributed by atoms with E-state index < -0.39 is 19.7 Å². The average molecular weight is 367 g/mol. The Kier molecular flexibility index (Phi) is 6.07. The lowest BCUT2D eigenvalue weighted by molar-refractivity contribution is -0.133. The summed E-state index contributed by atoms with van der Waals surface area (Å²) < 4.78 is 51.5. The maximum Gasteiger partial charge on any atom is 0.222 e. The second kappa shape index (κ2) is 7.48. The first-order chi connectivity index (χ1) is 10.7. The zero-order chi connectivity index (χ0) is 17.1. The number of hydrogen-bond acceptors (Lipinski definition) is 6. The molecule has 9 heteroatoms. The van der Waals surface area contributed by atoms with Crippen molar-refractivity contribution in [2.75, 3.05) is 36.2 Å². The molecule has 0 spiro atoms. The normalized spacial score (nSPS) is 28.7. The monoisotopic (exact) mass is 367 g/mol. The summed E-state index contributed by atoms with van der Waals surface area (Å²) in [5.74, 6) is 0.390. The molecule has 23 heavy (non-hydrogen) atoms. The van der Waals surface area contributed by atoms with Gasteiger partial charge >= 0.3 is 0 Å². The molecule has 2 heterocycles. The van der Waals surface area contributed by atoms with Gasteiger partial charge in [0.1, 0.15) is 0 Å². The first kappa shape index (κ1) is 18.7. The van der Waals surface area contributed by atoms with Gasteiger partial charge in [-0.1, -0.05) is 6.92 Å². The molecule has 134 valence electrons. The first-order valence-electron chi connectivity index (χ1n) is 8.04. The number of nitrogens with zero attached hydrogens (tertiary/aromatic N) is 1. The zero-order valence-electron chi connectivity index (χ0n) is 13.4. The minimum atomic E-state index is -3.03. The van der Waals surface area contributed by atoms with Gasteiger partial charge in [-0.25, -0.2) is 16.8 Å². The number of rotatable bonds is 7. The fraction of sp³-hybridized carbons (Fsp3) is 0.929. The molecular formula is C14H25NO6S2. The van der Waals surface area contributed by atoms with Gasteiger partial charge in [0.25, 0.3) is 0 Å². The number of carbonyl (C=O) groups excluding carboxylic acids is 1. The van der Waals surface area contributed by atoms with Crippen LogP contribution >= 0.6 is 0 Å². The molecule has 7 nitrogen and oxygen atoms in total. The molecule has 0 aromatic heterocycles.